The van der Waals surface area contributed by atoms with Crippen LogP contribution in [0.25, 0.3) is 0 Å². The molecular formula is C25H31N3O3. The molecule has 0 heterocycles. The maximum atomic E-state index is 13.4. The SMILES string of the molecule is CC(C)=CCCC(C)=CCN(C(=O)c1ccccc1[N+](=O)[O-])c1ccc(N(C)C)cc1. The number of nitro benzene ring substituents is 1. The molecule has 0 aromatic heterocycles. The molecule has 0 aliphatic carbocycles. The maximum absolute atomic E-state index is 13.4. The first kappa shape index (κ1) is 23.9. The van der Waals surface area contributed by atoms with E-state index < -0.39 is 10.8 Å². The van der Waals surface area contributed by atoms with Crippen molar-refractivity contribution in [3.8, 4) is 0 Å². The molecule has 0 bridgehead atoms. The van der Waals surface area contributed by atoms with Crippen LogP contribution in [0.2, 0.25) is 0 Å². The van der Waals surface area contributed by atoms with Crippen LogP contribution >= 0.6 is 0 Å². The van der Waals surface area contributed by atoms with Crippen molar-refractivity contribution in [2.75, 3.05) is 30.4 Å². The number of allylic oxidation sites excluding steroid dienone is 3. The Balaban J connectivity index is 2.37. The van der Waals surface area contributed by atoms with Gasteiger partial charge in [-0.25, -0.2) is 0 Å². The van der Waals surface area contributed by atoms with Gasteiger partial charge in [0.2, 0.25) is 0 Å². The van der Waals surface area contributed by atoms with Crippen molar-refractivity contribution in [2.45, 2.75) is 33.6 Å². The Morgan fingerprint density at radius 1 is 0.968 bits per heavy atom. The Labute approximate surface area is 184 Å². The molecule has 0 aliphatic rings. The van der Waals surface area contributed by atoms with Crippen molar-refractivity contribution in [3.05, 3.63) is 87.5 Å². The number of carbonyl (C=O) groups is 1. The van der Waals surface area contributed by atoms with Crippen LogP contribution in [0.3, 0.4) is 0 Å². The average molecular weight is 422 g/mol. The first-order valence-electron chi connectivity index (χ1n) is 10.3. The highest BCUT2D eigenvalue weighted by Crippen LogP contribution is 2.25. The van der Waals surface area contributed by atoms with Gasteiger partial charge in [-0.15, -0.1) is 0 Å². The van der Waals surface area contributed by atoms with Crippen molar-refractivity contribution in [1.82, 2.24) is 0 Å². The van der Waals surface area contributed by atoms with Crippen LogP contribution in [0.5, 0.6) is 0 Å². The lowest BCUT2D eigenvalue weighted by Gasteiger charge is -2.23. The molecule has 1 amide bonds. The van der Waals surface area contributed by atoms with E-state index in [1.807, 2.05) is 56.3 Å². The third kappa shape index (κ3) is 6.81. The number of rotatable bonds is 9. The topological polar surface area (TPSA) is 66.7 Å². The van der Waals surface area contributed by atoms with Crippen molar-refractivity contribution < 1.29 is 9.72 Å². The number of nitro groups is 1. The van der Waals surface area contributed by atoms with E-state index in [-0.39, 0.29) is 11.3 Å². The summed E-state index contributed by atoms with van der Waals surface area (Å²) in [5.41, 5.74) is 4.05. The first-order valence-corrected chi connectivity index (χ1v) is 10.3. The van der Waals surface area contributed by atoms with E-state index in [0.717, 1.165) is 18.5 Å². The molecule has 2 aromatic carbocycles. The number of hydrogen-bond acceptors (Lipinski definition) is 4. The van der Waals surface area contributed by atoms with E-state index in [1.165, 1.54) is 23.3 Å². The predicted octanol–water partition coefficient (Wildman–Crippen LogP) is 6.00. The largest absolute Gasteiger partial charge is 0.378 e. The van der Waals surface area contributed by atoms with Crippen molar-refractivity contribution in [1.29, 1.82) is 0 Å². The zero-order valence-electron chi connectivity index (χ0n) is 19.0. The average Bonchev–Trinajstić information content (AvgIpc) is 2.73. The molecule has 6 heteroatoms. The number of nitrogens with zero attached hydrogens (tertiary/aromatic N) is 3. The molecule has 0 N–H and O–H groups in total. The second-order valence-corrected chi connectivity index (χ2v) is 7.97. The van der Waals surface area contributed by atoms with Crippen LogP contribution in [-0.2, 0) is 0 Å². The lowest BCUT2D eigenvalue weighted by atomic mass is 10.1. The predicted molar refractivity (Wildman–Crippen MR) is 128 cm³/mol. The highest BCUT2D eigenvalue weighted by molar-refractivity contribution is 6.08. The van der Waals surface area contributed by atoms with Crippen molar-refractivity contribution in [2.24, 2.45) is 0 Å². The van der Waals surface area contributed by atoms with Gasteiger partial charge in [-0.3, -0.25) is 14.9 Å². The van der Waals surface area contributed by atoms with Crippen LogP contribution in [0.1, 0.15) is 44.0 Å². The minimum atomic E-state index is -0.513. The Kier molecular flexibility index (Phi) is 8.55. The molecule has 0 spiro atoms. The summed E-state index contributed by atoms with van der Waals surface area (Å²) in [4.78, 5) is 27.9. The van der Waals surface area contributed by atoms with E-state index >= 15 is 0 Å². The van der Waals surface area contributed by atoms with Gasteiger partial charge in [-0.2, -0.15) is 0 Å². The molecule has 6 nitrogen and oxygen atoms in total. The van der Waals surface area contributed by atoms with Gasteiger partial charge in [-0.1, -0.05) is 35.4 Å². The summed E-state index contributed by atoms with van der Waals surface area (Å²) in [5, 5.41) is 11.5. The van der Waals surface area contributed by atoms with Gasteiger partial charge in [0, 0.05) is 38.1 Å². The normalized spacial score (nSPS) is 11.1. The van der Waals surface area contributed by atoms with Crippen LogP contribution < -0.4 is 9.80 Å². The number of carbonyl (C=O) groups excluding carboxylic acids is 1. The third-order valence-corrected chi connectivity index (χ3v) is 4.97. The molecular weight excluding hydrogens is 390 g/mol. The Hall–Kier alpha value is -3.41. The zero-order valence-corrected chi connectivity index (χ0v) is 19.0. The monoisotopic (exact) mass is 421 g/mol. The first-order chi connectivity index (χ1) is 14.7. The molecule has 0 unspecified atom stereocenters. The van der Waals surface area contributed by atoms with Crippen LogP contribution in [-0.4, -0.2) is 31.5 Å². The molecule has 0 saturated heterocycles. The second kappa shape index (κ2) is 11.1. The summed E-state index contributed by atoms with van der Waals surface area (Å²) < 4.78 is 0. The summed E-state index contributed by atoms with van der Waals surface area (Å²) >= 11 is 0. The Morgan fingerprint density at radius 2 is 1.58 bits per heavy atom. The lowest BCUT2D eigenvalue weighted by Crippen LogP contribution is -2.31. The molecule has 2 aromatic rings. The van der Waals surface area contributed by atoms with Gasteiger partial charge in [-0.05, 0) is 63.9 Å². The zero-order chi connectivity index (χ0) is 23.0. The minimum Gasteiger partial charge on any atom is -0.378 e. The standard InChI is InChI=1S/C25H31N3O3/c1-19(2)9-8-10-20(3)17-18-27(22-15-13-21(14-16-22)26(4)5)25(29)23-11-6-7-12-24(23)28(30)31/h6-7,9,11-17H,8,10,18H2,1-5H3. The fourth-order valence-electron chi connectivity index (χ4n) is 3.13. The molecule has 0 saturated carbocycles. The Bertz CT molecular complexity index is 972. The second-order valence-electron chi connectivity index (χ2n) is 7.97. The molecule has 164 valence electrons. The van der Waals surface area contributed by atoms with Gasteiger partial charge < -0.3 is 9.80 Å². The summed E-state index contributed by atoms with van der Waals surface area (Å²) in [7, 11) is 3.90. The fraction of sp³-hybridized carbons (Fsp3) is 0.320. The summed E-state index contributed by atoms with van der Waals surface area (Å²) in [6.07, 6.45) is 6.05. The number of para-hydroxylation sites is 1. The van der Waals surface area contributed by atoms with Crippen LogP contribution in [0.15, 0.2) is 71.8 Å². The van der Waals surface area contributed by atoms with Gasteiger partial charge in [0.15, 0.2) is 0 Å². The summed E-state index contributed by atoms with van der Waals surface area (Å²) in [6, 6.07) is 13.7. The van der Waals surface area contributed by atoms with Crippen molar-refractivity contribution >= 4 is 23.0 Å². The quantitative estimate of drug-likeness (QED) is 0.283. The van der Waals surface area contributed by atoms with E-state index in [9.17, 15) is 14.9 Å². The molecule has 0 radical (unpaired) electrons. The van der Waals surface area contributed by atoms with Crippen molar-refractivity contribution in [3.63, 3.8) is 0 Å². The molecule has 0 fully saturated rings. The van der Waals surface area contributed by atoms with E-state index in [0.29, 0.717) is 12.2 Å². The lowest BCUT2D eigenvalue weighted by molar-refractivity contribution is -0.385. The van der Waals surface area contributed by atoms with Gasteiger partial charge in [0.1, 0.15) is 5.56 Å². The number of amides is 1. The highest BCUT2D eigenvalue weighted by atomic mass is 16.6. The molecule has 0 atom stereocenters. The van der Waals surface area contributed by atoms with E-state index in [2.05, 4.69) is 19.9 Å². The summed E-state index contributed by atoms with van der Waals surface area (Å²) in [5.74, 6) is -0.391. The van der Waals surface area contributed by atoms with Gasteiger partial charge in [0.25, 0.3) is 11.6 Å². The van der Waals surface area contributed by atoms with Gasteiger partial charge >= 0.3 is 0 Å². The molecule has 0 aliphatic heterocycles. The van der Waals surface area contributed by atoms with Gasteiger partial charge in [0.05, 0.1) is 4.92 Å². The fourth-order valence-corrected chi connectivity index (χ4v) is 3.13. The third-order valence-electron chi connectivity index (χ3n) is 4.97. The van der Waals surface area contributed by atoms with Crippen LogP contribution in [0.4, 0.5) is 17.1 Å². The highest BCUT2D eigenvalue weighted by Gasteiger charge is 2.25. The minimum absolute atomic E-state index is 0.0831. The number of anilines is 2. The van der Waals surface area contributed by atoms with E-state index in [4.69, 9.17) is 0 Å². The van der Waals surface area contributed by atoms with Crippen LogP contribution in [0, 0.1) is 10.1 Å². The smallest absolute Gasteiger partial charge is 0.282 e. The maximum Gasteiger partial charge on any atom is 0.282 e. The van der Waals surface area contributed by atoms with E-state index in [1.54, 1.807) is 17.0 Å². The Morgan fingerprint density at radius 3 is 2.16 bits per heavy atom. The number of benzene rings is 2. The number of hydrogen-bond donors (Lipinski definition) is 0. The summed E-state index contributed by atoms with van der Waals surface area (Å²) in [6.45, 7) is 6.53. The molecule has 31 heavy (non-hydrogen) atoms. The molecule has 2 rings (SSSR count).